The maximum absolute atomic E-state index is 13.0. The van der Waals surface area contributed by atoms with E-state index in [0.29, 0.717) is 31.4 Å². The van der Waals surface area contributed by atoms with Crippen molar-refractivity contribution in [1.29, 1.82) is 0 Å². The van der Waals surface area contributed by atoms with E-state index in [4.69, 9.17) is 5.73 Å². The Morgan fingerprint density at radius 2 is 1.86 bits per heavy atom. The van der Waals surface area contributed by atoms with Crippen LogP contribution >= 0.6 is 12.4 Å². The summed E-state index contributed by atoms with van der Waals surface area (Å²) in [4.78, 5) is 11.7. The molecule has 1 aromatic carbocycles. The summed E-state index contributed by atoms with van der Waals surface area (Å²) in [6, 6.07) is 3.82. The van der Waals surface area contributed by atoms with Gasteiger partial charge in [0.05, 0.1) is 0 Å². The minimum absolute atomic E-state index is 0. The predicted octanol–water partition coefficient (Wildman–Crippen LogP) is 3.34. The van der Waals surface area contributed by atoms with Gasteiger partial charge in [-0.1, -0.05) is 19.9 Å². The molecule has 126 valence electrons. The first-order valence-electron chi connectivity index (χ1n) is 7.39. The Bertz CT molecular complexity index is 479. The van der Waals surface area contributed by atoms with Crippen molar-refractivity contribution in [1.82, 2.24) is 5.32 Å². The lowest BCUT2D eigenvalue weighted by atomic mass is 9.94. The Labute approximate surface area is 137 Å². The fourth-order valence-electron chi connectivity index (χ4n) is 2.01. The van der Waals surface area contributed by atoms with Gasteiger partial charge in [-0.15, -0.1) is 12.4 Å². The van der Waals surface area contributed by atoms with Gasteiger partial charge in [0.15, 0.2) is 11.6 Å². The zero-order valence-electron chi connectivity index (χ0n) is 13.1. The molecule has 3 N–H and O–H groups in total. The van der Waals surface area contributed by atoms with Crippen LogP contribution in [-0.2, 0) is 11.2 Å². The standard InChI is InChI=1S/C16H24F2N2O.ClH/c1-3-16(19,4-2)11-20-15(21)7-5-6-12-8-9-13(17)14(18)10-12;/h8-10H,3-7,11,19H2,1-2H3,(H,20,21);1H. The van der Waals surface area contributed by atoms with Crippen molar-refractivity contribution in [3.63, 3.8) is 0 Å². The second-order valence-corrected chi connectivity index (χ2v) is 5.45. The first-order chi connectivity index (χ1) is 9.90. The van der Waals surface area contributed by atoms with Crippen LogP contribution < -0.4 is 11.1 Å². The molecule has 0 bridgehead atoms. The molecule has 22 heavy (non-hydrogen) atoms. The van der Waals surface area contributed by atoms with E-state index in [9.17, 15) is 13.6 Å². The van der Waals surface area contributed by atoms with Gasteiger partial charge in [0.25, 0.3) is 0 Å². The average Bonchev–Trinajstić information content (AvgIpc) is 2.48. The Balaban J connectivity index is 0.00000441. The largest absolute Gasteiger partial charge is 0.354 e. The number of hydrogen-bond acceptors (Lipinski definition) is 2. The van der Waals surface area contributed by atoms with Crippen molar-refractivity contribution in [2.75, 3.05) is 6.54 Å². The summed E-state index contributed by atoms with van der Waals surface area (Å²) in [6.07, 6.45) is 3.09. The van der Waals surface area contributed by atoms with Gasteiger partial charge in [0.2, 0.25) is 5.91 Å². The highest BCUT2D eigenvalue weighted by Gasteiger charge is 2.20. The molecule has 6 heteroatoms. The Morgan fingerprint density at radius 3 is 2.41 bits per heavy atom. The third-order valence-electron chi connectivity index (χ3n) is 3.90. The molecular formula is C16H25ClF2N2O. The highest BCUT2D eigenvalue weighted by Crippen LogP contribution is 2.12. The van der Waals surface area contributed by atoms with E-state index >= 15 is 0 Å². The van der Waals surface area contributed by atoms with Crippen molar-refractivity contribution in [2.45, 2.75) is 51.5 Å². The minimum Gasteiger partial charge on any atom is -0.354 e. The molecule has 0 aromatic heterocycles. The normalized spacial score (nSPS) is 11.0. The number of rotatable bonds is 8. The van der Waals surface area contributed by atoms with Crippen LogP contribution in [0.3, 0.4) is 0 Å². The fraction of sp³-hybridized carbons (Fsp3) is 0.562. The SMILES string of the molecule is CCC(N)(CC)CNC(=O)CCCc1ccc(F)c(F)c1.Cl. The molecule has 0 unspecified atom stereocenters. The third-order valence-corrected chi connectivity index (χ3v) is 3.90. The van der Waals surface area contributed by atoms with Crippen molar-refractivity contribution in [2.24, 2.45) is 5.73 Å². The molecule has 0 atom stereocenters. The summed E-state index contributed by atoms with van der Waals surface area (Å²) >= 11 is 0. The van der Waals surface area contributed by atoms with Crippen LogP contribution in [0.4, 0.5) is 8.78 Å². The summed E-state index contributed by atoms with van der Waals surface area (Å²) < 4.78 is 25.8. The molecular weight excluding hydrogens is 310 g/mol. The van der Waals surface area contributed by atoms with Gasteiger partial charge in [-0.3, -0.25) is 4.79 Å². The van der Waals surface area contributed by atoms with Crippen LogP contribution in [-0.4, -0.2) is 18.0 Å². The van der Waals surface area contributed by atoms with Gasteiger partial charge < -0.3 is 11.1 Å². The number of carbonyl (C=O) groups excluding carboxylic acids is 1. The number of hydrogen-bond donors (Lipinski definition) is 2. The molecule has 0 aliphatic heterocycles. The van der Waals surface area contributed by atoms with Crippen molar-refractivity contribution in [3.8, 4) is 0 Å². The fourth-order valence-corrected chi connectivity index (χ4v) is 2.01. The Hall–Kier alpha value is -1.20. The molecule has 0 aliphatic rings. The van der Waals surface area contributed by atoms with E-state index in [1.54, 1.807) is 0 Å². The molecule has 3 nitrogen and oxygen atoms in total. The van der Waals surface area contributed by atoms with Crippen LogP contribution in [0.25, 0.3) is 0 Å². The highest BCUT2D eigenvalue weighted by atomic mass is 35.5. The van der Waals surface area contributed by atoms with Gasteiger partial charge in [0, 0.05) is 18.5 Å². The van der Waals surface area contributed by atoms with Crippen LogP contribution in [0.15, 0.2) is 18.2 Å². The number of nitrogens with one attached hydrogen (secondary N) is 1. The monoisotopic (exact) mass is 334 g/mol. The number of amides is 1. The first-order valence-corrected chi connectivity index (χ1v) is 7.39. The highest BCUT2D eigenvalue weighted by molar-refractivity contribution is 5.85. The van der Waals surface area contributed by atoms with Crippen LogP contribution in [0.2, 0.25) is 0 Å². The lowest BCUT2D eigenvalue weighted by molar-refractivity contribution is -0.121. The maximum Gasteiger partial charge on any atom is 0.220 e. The molecule has 1 rings (SSSR count). The van der Waals surface area contributed by atoms with Gasteiger partial charge in [-0.05, 0) is 43.4 Å². The molecule has 0 aliphatic carbocycles. The first kappa shape index (κ1) is 20.8. The summed E-state index contributed by atoms with van der Waals surface area (Å²) in [6.45, 7) is 4.46. The number of benzene rings is 1. The van der Waals surface area contributed by atoms with Crippen molar-refractivity contribution >= 4 is 18.3 Å². The number of nitrogens with two attached hydrogens (primary N) is 1. The van der Waals surface area contributed by atoms with Gasteiger partial charge >= 0.3 is 0 Å². The number of carbonyl (C=O) groups is 1. The smallest absolute Gasteiger partial charge is 0.220 e. The van der Waals surface area contributed by atoms with E-state index in [2.05, 4.69) is 5.32 Å². The van der Waals surface area contributed by atoms with Crippen molar-refractivity contribution in [3.05, 3.63) is 35.4 Å². The molecule has 0 radical (unpaired) electrons. The third kappa shape index (κ3) is 6.71. The molecule has 0 heterocycles. The van der Waals surface area contributed by atoms with Crippen LogP contribution in [0.5, 0.6) is 0 Å². The lowest BCUT2D eigenvalue weighted by Gasteiger charge is -2.26. The molecule has 1 amide bonds. The van der Waals surface area contributed by atoms with Crippen molar-refractivity contribution < 1.29 is 13.6 Å². The number of halogens is 3. The molecule has 0 fully saturated rings. The second kappa shape index (κ2) is 9.74. The van der Waals surface area contributed by atoms with Gasteiger partial charge in [-0.25, -0.2) is 8.78 Å². The molecule has 0 saturated heterocycles. The second-order valence-electron chi connectivity index (χ2n) is 5.45. The molecule has 0 spiro atoms. The van der Waals surface area contributed by atoms with E-state index in [-0.39, 0.29) is 23.9 Å². The van der Waals surface area contributed by atoms with Gasteiger partial charge in [0.1, 0.15) is 0 Å². The quantitative estimate of drug-likeness (QED) is 0.766. The van der Waals surface area contributed by atoms with E-state index in [1.165, 1.54) is 12.1 Å². The molecule has 1 aromatic rings. The minimum atomic E-state index is -0.852. The maximum atomic E-state index is 13.0. The topological polar surface area (TPSA) is 55.1 Å². The Morgan fingerprint density at radius 1 is 1.23 bits per heavy atom. The summed E-state index contributed by atoms with van der Waals surface area (Å²) in [5, 5.41) is 2.83. The predicted molar refractivity (Wildman–Crippen MR) is 87.1 cm³/mol. The lowest BCUT2D eigenvalue weighted by Crippen LogP contribution is -2.49. The molecule has 0 saturated carbocycles. The summed E-state index contributed by atoms with van der Waals surface area (Å²) in [5.41, 5.74) is 6.44. The number of aryl methyl sites for hydroxylation is 1. The van der Waals surface area contributed by atoms with Gasteiger partial charge in [-0.2, -0.15) is 0 Å². The van der Waals surface area contributed by atoms with E-state index in [0.717, 1.165) is 18.9 Å². The van der Waals surface area contributed by atoms with E-state index in [1.807, 2.05) is 13.8 Å². The zero-order chi connectivity index (χ0) is 15.9. The zero-order valence-corrected chi connectivity index (χ0v) is 13.9. The summed E-state index contributed by atoms with van der Waals surface area (Å²) in [7, 11) is 0. The van der Waals surface area contributed by atoms with Crippen LogP contribution in [0.1, 0.15) is 45.1 Å². The van der Waals surface area contributed by atoms with Crippen LogP contribution in [0, 0.1) is 11.6 Å². The summed E-state index contributed by atoms with van der Waals surface area (Å²) in [5.74, 6) is -1.76. The van der Waals surface area contributed by atoms with E-state index < -0.39 is 11.6 Å². The Kier molecular flexibility index (Phi) is 9.21. The average molecular weight is 335 g/mol.